The largest absolute Gasteiger partial charge is 0.416 e. The lowest BCUT2D eigenvalue weighted by molar-refractivity contribution is -0.137. The van der Waals surface area contributed by atoms with Crippen LogP contribution in [-0.4, -0.2) is 42.1 Å². The number of fused-ring (bicyclic) bond motifs is 1. The molecule has 1 N–H and O–H groups in total. The lowest BCUT2D eigenvalue weighted by atomic mass is 10.0. The first-order valence-electron chi connectivity index (χ1n) is 8.96. The van der Waals surface area contributed by atoms with Gasteiger partial charge in [-0.15, -0.1) is 0 Å². The van der Waals surface area contributed by atoms with Gasteiger partial charge in [-0.1, -0.05) is 6.07 Å². The highest BCUT2D eigenvalue weighted by atomic mass is 32.2. The van der Waals surface area contributed by atoms with Gasteiger partial charge in [0.2, 0.25) is 10.0 Å². The van der Waals surface area contributed by atoms with Crippen LogP contribution in [0.3, 0.4) is 0 Å². The average molecular weight is 399 g/mol. The third-order valence-corrected chi connectivity index (χ3v) is 7.59. The molecule has 1 saturated heterocycles. The molecular weight excluding hydrogens is 379 g/mol. The van der Waals surface area contributed by atoms with Crippen LogP contribution in [0.15, 0.2) is 30.5 Å². The molecule has 2 aromatic rings. The van der Waals surface area contributed by atoms with Gasteiger partial charge in [0.1, 0.15) is 0 Å². The molecule has 1 aliphatic heterocycles. The van der Waals surface area contributed by atoms with Gasteiger partial charge in [0.25, 0.3) is 0 Å². The molecule has 1 saturated carbocycles. The minimum absolute atomic E-state index is 0.0727. The van der Waals surface area contributed by atoms with Crippen molar-refractivity contribution in [2.24, 2.45) is 0 Å². The molecule has 0 amide bonds. The standard InChI is InChI=1S/C18H20F3N3O2S/c19-18(20,21)12-1-4-15-16(5-8-22-17(15)11-12)23-13-6-9-24(10-7-13)27(25,26)14-2-3-14/h1,4-5,8,11,13-14H,2-3,6-7,9-10H2,(H,22,23). The van der Waals surface area contributed by atoms with Crippen molar-refractivity contribution < 1.29 is 21.6 Å². The van der Waals surface area contributed by atoms with Crippen molar-refractivity contribution in [2.45, 2.75) is 43.2 Å². The van der Waals surface area contributed by atoms with Crippen molar-refractivity contribution in [3.63, 3.8) is 0 Å². The Balaban J connectivity index is 1.48. The summed E-state index contributed by atoms with van der Waals surface area (Å²) in [7, 11) is -3.15. The maximum atomic E-state index is 12.9. The second kappa shape index (κ2) is 6.63. The molecule has 0 atom stereocenters. The zero-order valence-corrected chi connectivity index (χ0v) is 15.4. The normalized spacial score (nSPS) is 20.1. The first kappa shape index (κ1) is 18.5. The number of nitrogens with one attached hydrogen (secondary N) is 1. The maximum Gasteiger partial charge on any atom is 0.416 e. The number of benzene rings is 1. The molecule has 0 radical (unpaired) electrons. The maximum absolute atomic E-state index is 12.9. The Bertz CT molecular complexity index is 950. The summed E-state index contributed by atoms with van der Waals surface area (Å²) in [5.74, 6) is 0. The van der Waals surface area contributed by atoms with Gasteiger partial charge in [-0.2, -0.15) is 13.2 Å². The Morgan fingerprint density at radius 3 is 2.41 bits per heavy atom. The summed E-state index contributed by atoms with van der Waals surface area (Å²) in [6, 6.07) is 5.34. The van der Waals surface area contributed by atoms with Crippen molar-refractivity contribution in [1.29, 1.82) is 0 Å². The molecular formula is C18H20F3N3O2S. The molecule has 146 valence electrons. The van der Waals surface area contributed by atoms with E-state index in [9.17, 15) is 21.6 Å². The van der Waals surface area contributed by atoms with Gasteiger partial charge < -0.3 is 5.32 Å². The van der Waals surface area contributed by atoms with Gasteiger partial charge in [0.05, 0.1) is 16.3 Å². The summed E-state index contributed by atoms with van der Waals surface area (Å²) in [5, 5.41) is 3.78. The SMILES string of the molecule is O=S(=O)(C1CC1)N1CCC(Nc2ccnc3cc(C(F)(F)F)ccc23)CC1. The van der Waals surface area contributed by atoms with E-state index in [1.54, 1.807) is 10.4 Å². The molecule has 2 fully saturated rings. The molecule has 1 aromatic heterocycles. The minimum Gasteiger partial charge on any atom is -0.382 e. The third-order valence-electron chi connectivity index (χ3n) is 5.19. The molecule has 9 heteroatoms. The van der Waals surface area contributed by atoms with E-state index >= 15 is 0 Å². The number of hydrogen-bond donors (Lipinski definition) is 1. The first-order chi connectivity index (χ1) is 12.7. The number of rotatable bonds is 4. The Morgan fingerprint density at radius 2 is 1.78 bits per heavy atom. The fourth-order valence-corrected chi connectivity index (χ4v) is 5.37. The van der Waals surface area contributed by atoms with Crippen LogP contribution in [0.25, 0.3) is 10.9 Å². The Morgan fingerprint density at radius 1 is 1.07 bits per heavy atom. The number of halogens is 3. The Labute approximate surface area is 155 Å². The Kier molecular flexibility index (Phi) is 4.54. The first-order valence-corrected chi connectivity index (χ1v) is 10.5. The predicted molar refractivity (Wildman–Crippen MR) is 96.9 cm³/mol. The van der Waals surface area contributed by atoms with Crippen molar-refractivity contribution in [2.75, 3.05) is 18.4 Å². The molecule has 1 aliphatic carbocycles. The molecule has 2 aliphatic rings. The quantitative estimate of drug-likeness (QED) is 0.853. The lowest BCUT2D eigenvalue weighted by Crippen LogP contribution is -2.43. The van der Waals surface area contributed by atoms with Crippen molar-refractivity contribution in [1.82, 2.24) is 9.29 Å². The van der Waals surface area contributed by atoms with Gasteiger partial charge in [-0.05, 0) is 43.9 Å². The zero-order valence-electron chi connectivity index (χ0n) is 14.5. The van der Waals surface area contributed by atoms with Crippen molar-refractivity contribution in [3.05, 3.63) is 36.0 Å². The number of nitrogens with zero attached hydrogens (tertiary/aromatic N) is 2. The smallest absolute Gasteiger partial charge is 0.382 e. The number of hydrogen-bond acceptors (Lipinski definition) is 4. The van der Waals surface area contributed by atoms with E-state index in [1.807, 2.05) is 0 Å². The highest BCUT2D eigenvalue weighted by molar-refractivity contribution is 7.90. The molecule has 0 unspecified atom stereocenters. The van der Waals surface area contributed by atoms with Gasteiger partial charge in [-0.3, -0.25) is 4.98 Å². The average Bonchev–Trinajstić information content (AvgIpc) is 3.47. The molecule has 27 heavy (non-hydrogen) atoms. The van der Waals surface area contributed by atoms with E-state index in [1.165, 1.54) is 12.3 Å². The third kappa shape index (κ3) is 3.75. The molecule has 0 bridgehead atoms. The minimum atomic E-state index is -4.40. The molecule has 1 aromatic carbocycles. The van der Waals surface area contributed by atoms with Crippen LogP contribution in [0, 0.1) is 0 Å². The van der Waals surface area contributed by atoms with Crippen LogP contribution in [0.2, 0.25) is 0 Å². The highest BCUT2D eigenvalue weighted by Crippen LogP contribution is 2.34. The van der Waals surface area contributed by atoms with Crippen LogP contribution in [-0.2, 0) is 16.2 Å². The van der Waals surface area contributed by atoms with Crippen LogP contribution in [0.4, 0.5) is 18.9 Å². The molecule has 4 rings (SSSR count). The second-order valence-corrected chi connectivity index (χ2v) is 9.36. The number of sulfonamides is 1. The summed E-state index contributed by atoms with van der Waals surface area (Å²) >= 11 is 0. The van der Waals surface area contributed by atoms with E-state index in [0.717, 1.165) is 30.7 Å². The van der Waals surface area contributed by atoms with Crippen LogP contribution >= 0.6 is 0 Å². The molecule has 5 nitrogen and oxygen atoms in total. The highest BCUT2D eigenvalue weighted by Gasteiger charge is 2.41. The monoisotopic (exact) mass is 399 g/mol. The number of pyridine rings is 1. The summed E-state index contributed by atoms with van der Waals surface area (Å²) < 4.78 is 64.8. The predicted octanol–water partition coefficient (Wildman–Crippen LogP) is 3.62. The van der Waals surface area contributed by atoms with Crippen LogP contribution in [0.5, 0.6) is 0 Å². The number of alkyl halides is 3. The Hall–Kier alpha value is -1.87. The van der Waals surface area contributed by atoms with E-state index < -0.39 is 21.8 Å². The number of piperidine rings is 1. The number of anilines is 1. The lowest BCUT2D eigenvalue weighted by Gasteiger charge is -2.32. The summed E-state index contributed by atoms with van der Waals surface area (Å²) in [4.78, 5) is 4.05. The topological polar surface area (TPSA) is 62.3 Å². The van der Waals surface area contributed by atoms with E-state index in [-0.39, 0.29) is 16.8 Å². The molecule has 2 heterocycles. The van der Waals surface area contributed by atoms with Crippen LogP contribution < -0.4 is 5.32 Å². The number of aromatic nitrogens is 1. The summed E-state index contributed by atoms with van der Waals surface area (Å²) in [6.45, 7) is 0.940. The van der Waals surface area contributed by atoms with Gasteiger partial charge in [-0.25, -0.2) is 12.7 Å². The van der Waals surface area contributed by atoms with Gasteiger partial charge in [0, 0.05) is 36.4 Å². The van der Waals surface area contributed by atoms with Crippen molar-refractivity contribution >= 4 is 26.6 Å². The van der Waals surface area contributed by atoms with Crippen molar-refractivity contribution in [3.8, 4) is 0 Å². The van der Waals surface area contributed by atoms with E-state index in [2.05, 4.69) is 10.3 Å². The summed E-state index contributed by atoms with van der Waals surface area (Å²) in [5.41, 5.74) is 0.277. The van der Waals surface area contributed by atoms with E-state index in [0.29, 0.717) is 31.3 Å². The fraction of sp³-hybridized carbons (Fsp3) is 0.500. The van der Waals surface area contributed by atoms with Crippen LogP contribution in [0.1, 0.15) is 31.2 Å². The van der Waals surface area contributed by atoms with Gasteiger partial charge >= 0.3 is 6.18 Å². The second-order valence-electron chi connectivity index (χ2n) is 7.15. The zero-order chi connectivity index (χ0) is 19.2. The summed E-state index contributed by atoms with van der Waals surface area (Å²) in [6.07, 6.45) is -0.0870. The fourth-order valence-electron chi connectivity index (χ4n) is 3.50. The van der Waals surface area contributed by atoms with E-state index in [4.69, 9.17) is 0 Å². The molecule has 0 spiro atoms. The van der Waals surface area contributed by atoms with Gasteiger partial charge in [0.15, 0.2) is 0 Å².